The van der Waals surface area contributed by atoms with Crippen LogP contribution in [0.4, 0.5) is 11.4 Å². The number of hydrogen-bond donors (Lipinski definition) is 1. The van der Waals surface area contributed by atoms with Gasteiger partial charge in [0.2, 0.25) is 11.8 Å². The molecule has 0 aliphatic carbocycles. The molecule has 136 valence electrons. The fraction of sp³-hybridized carbons (Fsp3) is 0.300. The quantitative estimate of drug-likeness (QED) is 0.802. The number of nitrogens with zero attached hydrogens (tertiary/aromatic N) is 1. The molecule has 1 N–H and O–H groups in total. The van der Waals surface area contributed by atoms with Crippen LogP contribution in [0, 0.1) is 0 Å². The second-order valence-electron chi connectivity index (χ2n) is 6.28. The molecule has 0 radical (unpaired) electrons. The smallest absolute Gasteiger partial charge is 0.224 e. The number of rotatable bonds is 5. The normalized spacial score (nSPS) is 12.7. The topological polar surface area (TPSA) is 58.6 Å². The van der Waals surface area contributed by atoms with Gasteiger partial charge < -0.3 is 15.0 Å². The summed E-state index contributed by atoms with van der Waals surface area (Å²) in [5.41, 5.74) is 3.61. The van der Waals surface area contributed by atoms with Crippen molar-refractivity contribution in [2.45, 2.75) is 26.2 Å². The molecule has 0 unspecified atom stereocenters. The van der Waals surface area contributed by atoms with E-state index in [1.165, 1.54) is 0 Å². The Morgan fingerprint density at radius 1 is 1.27 bits per heavy atom. The molecule has 2 amide bonds. The van der Waals surface area contributed by atoms with E-state index in [2.05, 4.69) is 21.2 Å². The molecule has 1 heterocycles. The summed E-state index contributed by atoms with van der Waals surface area (Å²) in [6, 6.07) is 11.6. The molecule has 3 rings (SSSR count). The first-order valence-corrected chi connectivity index (χ1v) is 9.30. The van der Waals surface area contributed by atoms with Gasteiger partial charge in [-0.25, -0.2) is 0 Å². The Morgan fingerprint density at radius 3 is 2.81 bits per heavy atom. The second-order valence-corrected chi connectivity index (χ2v) is 7.20. The van der Waals surface area contributed by atoms with Gasteiger partial charge >= 0.3 is 0 Å². The molecule has 0 atom stereocenters. The third-order valence-electron chi connectivity index (χ3n) is 4.46. The highest BCUT2D eigenvalue weighted by atomic mass is 79.9. The molecule has 2 aromatic rings. The van der Waals surface area contributed by atoms with Crippen LogP contribution >= 0.6 is 15.9 Å². The number of carbonyl (C=O) groups is 2. The van der Waals surface area contributed by atoms with Crippen LogP contribution < -0.4 is 15.0 Å². The summed E-state index contributed by atoms with van der Waals surface area (Å²) in [5.74, 6) is 0.686. The van der Waals surface area contributed by atoms with Crippen molar-refractivity contribution in [3.8, 4) is 5.75 Å². The zero-order valence-corrected chi connectivity index (χ0v) is 16.4. The van der Waals surface area contributed by atoms with E-state index in [9.17, 15) is 9.59 Å². The molecule has 0 fully saturated rings. The number of anilines is 2. The summed E-state index contributed by atoms with van der Waals surface area (Å²) in [6.45, 7) is 2.19. The van der Waals surface area contributed by atoms with Crippen LogP contribution in [-0.4, -0.2) is 25.5 Å². The molecule has 6 heteroatoms. The van der Waals surface area contributed by atoms with Gasteiger partial charge in [-0.3, -0.25) is 9.59 Å². The van der Waals surface area contributed by atoms with Gasteiger partial charge in [-0.1, -0.05) is 28.1 Å². The van der Waals surface area contributed by atoms with E-state index >= 15 is 0 Å². The van der Waals surface area contributed by atoms with Crippen molar-refractivity contribution in [3.05, 3.63) is 52.0 Å². The fourth-order valence-electron chi connectivity index (χ4n) is 3.22. The maximum atomic E-state index is 12.5. The second kappa shape index (κ2) is 7.91. The first kappa shape index (κ1) is 18.5. The van der Waals surface area contributed by atoms with Gasteiger partial charge in [0, 0.05) is 24.4 Å². The molecule has 0 spiro atoms. The average Bonchev–Trinajstić information content (AvgIpc) is 3.04. The Labute approximate surface area is 161 Å². The molecule has 0 saturated heterocycles. The fourth-order valence-corrected chi connectivity index (χ4v) is 3.72. The molecule has 5 nitrogen and oxygen atoms in total. The minimum absolute atomic E-state index is 0.0158. The molecule has 0 bridgehead atoms. The highest BCUT2D eigenvalue weighted by molar-refractivity contribution is 9.10. The van der Waals surface area contributed by atoms with Crippen LogP contribution in [0.2, 0.25) is 0 Å². The van der Waals surface area contributed by atoms with Crippen LogP contribution in [0.1, 0.15) is 24.5 Å². The lowest BCUT2D eigenvalue weighted by atomic mass is 10.1. The monoisotopic (exact) mass is 416 g/mol. The summed E-state index contributed by atoms with van der Waals surface area (Å²) < 4.78 is 6.11. The van der Waals surface area contributed by atoms with Crippen molar-refractivity contribution in [3.63, 3.8) is 0 Å². The molecule has 0 aromatic heterocycles. The Hall–Kier alpha value is -2.34. The summed E-state index contributed by atoms with van der Waals surface area (Å²) in [4.78, 5) is 26.1. The minimum Gasteiger partial charge on any atom is -0.497 e. The van der Waals surface area contributed by atoms with E-state index < -0.39 is 0 Å². The van der Waals surface area contributed by atoms with Crippen LogP contribution in [0.25, 0.3) is 0 Å². The number of methoxy groups -OCH3 is 1. The van der Waals surface area contributed by atoms with Crippen molar-refractivity contribution in [1.82, 2.24) is 0 Å². The Balaban J connectivity index is 1.72. The highest BCUT2D eigenvalue weighted by Gasteiger charge is 2.26. The molecule has 1 aliphatic rings. The number of benzene rings is 2. The zero-order valence-electron chi connectivity index (χ0n) is 14.8. The highest BCUT2D eigenvalue weighted by Crippen LogP contribution is 2.38. The number of halogens is 1. The van der Waals surface area contributed by atoms with E-state index in [1.807, 2.05) is 36.4 Å². The van der Waals surface area contributed by atoms with Crippen molar-refractivity contribution in [2.75, 3.05) is 23.9 Å². The summed E-state index contributed by atoms with van der Waals surface area (Å²) >= 11 is 3.49. The molecule has 26 heavy (non-hydrogen) atoms. The molecule has 2 aromatic carbocycles. The van der Waals surface area contributed by atoms with Crippen LogP contribution in [0.5, 0.6) is 5.75 Å². The molecular formula is C20H21BrN2O3. The van der Waals surface area contributed by atoms with Gasteiger partial charge in [-0.2, -0.15) is 0 Å². The Morgan fingerprint density at radius 2 is 2.08 bits per heavy atom. The van der Waals surface area contributed by atoms with Crippen molar-refractivity contribution >= 4 is 39.1 Å². The number of fused-ring (bicyclic) bond motifs is 1. The van der Waals surface area contributed by atoms with Gasteiger partial charge in [-0.15, -0.1) is 0 Å². The predicted octanol–water partition coefficient (Wildman–Crippen LogP) is 3.94. The number of amides is 2. The number of aryl methyl sites for hydroxylation is 1. The van der Waals surface area contributed by atoms with Crippen LogP contribution in [-0.2, 0) is 22.4 Å². The van der Waals surface area contributed by atoms with Gasteiger partial charge in [-0.05, 0) is 48.2 Å². The standard InChI is InChI=1S/C20H21BrN2O3/c1-13(24)23-9-8-15-11-16(21)12-18(20(15)23)22-19(25)7-6-14-4-3-5-17(10-14)26-2/h3-5,10-12H,6-9H2,1-2H3,(H,22,25). The van der Waals surface area contributed by atoms with E-state index in [0.717, 1.165) is 33.5 Å². The van der Waals surface area contributed by atoms with Crippen molar-refractivity contribution in [1.29, 1.82) is 0 Å². The number of carbonyl (C=O) groups excluding carboxylic acids is 2. The zero-order chi connectivity index (χ0) is 18.7. The third kappa shape index (κ3) is 4.07. The van der Waals surface area contributed by atoms with Gasteiger partial charge in [0.15, 0.2) is 0 Å². The van der Waals surface area contributed by atoms with Crippen molar-refractivity contribution in [2.24, 2.45) is 0 Å². The first-order valence-electron chi connectivity index (χ1n) is 8.51. The molecule has 1 aliphatic heterocycles. The van der Waals surface area contributed by atoms with E-state index in [0.29, 0.717) is 25.1 Å². The average molecular weight is 417 g/mol. The number of nitrogens with one attached hydrogen (secondary N) is 1. The van der Waals surface area contributed by atoms with E-state index in [1.54, 1.807) is 18.9 Å². The predicted molar refractivity (Wildman–Crippen MR) is 106 cm³/mol. The van der Waals surface area contributed by atoms with E-state index in [4.69, 9.17) is 4.74 Å². The lowest BCUT2D eigenvalue weighted by molar-refractivity contribution is -0.117. The maximum Gasteiger partial charge on any atom is 0.224 e. The Bertz CT molecular complexity index is 851. The summed E-state index contributed by atoms with van der Waals surface area (Å²) in [6.07, 6.45) is 1.77. The van der Waals surface area contributed by atoms with Gasteiger partial charge in [0.1, 0.15) is 5.75 Å². The van der Waals surface area contributed by atoms with Gasteiger partial charge in [0.25, 0.3) is 0 Å². The summed E-state index contributed by atoms with van der Waals surface area (Å²) in [5, 5.41) is 2.97. The SMILES string of the molecule is COc1cccc(CCC(=O)Nc2cc(Br)cc3c2N(C(C)=O)CC3)c1. The lowest BCUT2D eigenvalue weighted by Gasteiger charge is -2.19. The minimum atomic E-state index is -0.0801. The largest absolute Gasteiger partial charge is 0.497 e. The van der Waals surface area contributed by atoms with Crippen molar-refractivity contribution < 1.29 is 14.3 Å². The molecule has 0 saturated carbocycles. The number of hydrogen-bond acceptors (Lipinski definition) is 3. The van der Waals surface area contributed by atoms with Gasteiger partial charge in [0.05, 0.1) is 18.5 Å². The molecular weight excluding hydrogens is 396 g/mol. The number of ether oxygens (including phenoxy) is 1. The lowest BCUT2D eigenvalue weighted by Crippen LogP contribution is -2.27. The Kier molecular flexibility index (Phi) is 5.61. The third-order valence-corrected chi connectivity index (χ3v) is 4.92. The maximum absolute atomic E-state index is 12.5. The van der Waals surface area contributed by atoms with Crippen LogP contribution in [0.15, 0.2) is 40.9 Å². The van der Waals surface area contributed by atoms with E-state index in [-0.39, 0.29) is 11.8 Å². The first-order chi connectivity index (χ1) is 12.5. The summed E-state index contributed by atoms with van der Waals surface area (Å²) in [7, 11) is 1.63. The van der Waals surface area contributed by atoms with Crippen LogP contribution in [0.3, 0.4) is 0 Å².